The zero-order chi connectivity index (χ0) is 15.7. The molecule has 0 fully saturated rings. The average Bonchev–Trinajstić information content (AvgIpc) is 2.55. The van der Waals surface area contributed by atoms with Gasteiger partial charge >= 0.3 is 0 Å². The van der Waals surface area contributed by atoms with Crippen LogP contribution in [-0.4, -0.2) is 25.0 Å². The van der Waals surface area contributed by atoms with Crippen LogP contribution in [0.2, 0.25) is 18.1 Å². The van der Waals surface area contributed by atoms with E-state index < -0.39 is 14.4 Å². The predicted octanol–water partition coefficient (Wildman–Crippen LogP) is 4.09. The fourth-order valence-electron chi connectivity index (χ4n) is 2.56. The van der Waals surface area contributed by atoms with E-state index in [0.717, 1.165) is 31.6 Å². The monoisotopic (exact) mass is 307 g/mol. The van der Waals surface area contributed by atoms with Crippen LogP contribution in [0.25, 0.3) is 0 Å². The van der Waals surface area contributed by atoms with Gasteiger partial charge in [-0.3, -0.25) is 4.98 Å². The third-order valence-electron chi connectivity index (χ3n) is 5.11. The molecule has 0 spiro atoms. The minimum Gasteiger partial charge on any atom is -0.417 e. The molecule has 0 saturated carbocycles. The van der Waals surface area contributed by atoms with Crippen molar-refractivity contribution in [2.45, 2.75) is 64.3 Å². The summed E-state index contributed by atoms with van der Waals surface area (Å²) in [5, 5.41) is 10.6. The van der Waals surface area contributed by atoms with Gasteiger partial charge in [0.05, 0.1) is 11.8 Å². The molecule has 1 aliphatic rings. The lowest BCUT2D eigenvalue weighted by Crippen LogP contribution is -2.42. The number of rotatable bonds is 3. The maximum absolute atomic E-state index is 10.4. The van der Waals surface area contributed by atoms with Gasteiger partial charge in [0.1, 0.15) is 0 Å². The first kappa shape index (κ1) is 16.7. The van der Waals surface area contributed by atoms with Crippen LogP contribution in [0.1, 0.15) is 51.0 Å². The van der Waals surface area contributed by atoms with Crippen molar-refractivity contribution in [3.63, 3.8) is 0 Å². The summed E-state index contributed by atoms with van der Waals surface area (Å²) < 4.78 is 6.34. The molecule has 2 atom stereocenters. The van der Waals surface area contributed by atoms with Crippen molar-refractivity contribution in [1.29, 1.82) is 0 Å². The number of aromatic nitrogens is 1. The summed E-state index contributed by atoms with van der Waals surface area (Å²) in [5.74, 6) is 0.420. The molecule has 1 heterocycles. The quantitative estimate of drug-likeness (QED) is 0.675. The Morgan fingerprint density at radius 3 is 2.76 bits per heavy atom. The minimum absolute atomic E-state index is 0.237. The van der Waals surface area contributed by atoms with Crippen LogP contribution < -0.4 is 0 Å². The van der Waals surface area contributed by atoms with Crippen LogP contribution in [0, 0.1) is 5.92 Å². The number of aliphatic hydroxyl groups excluding tert-OH is 1. The molecule has 0 unspecified atom stereocenters. The maximum atomic E-state index is 10.4. The van der Waals surface area contributed by atoms with Crippen LogP contribution in [0.3, 0.4) is 0 Å². The van der Waals surface area contributed by atoms with Crippen LogP contribution >= 0.6 is 0 Å². The average molecular weight is 308 g/mol. The van der Waals surface area contributed by atoms with Crippen molar-refractivity contribution in [1.82, 2.24) is 4.98 Å². The van der Waals surface area contributed by atoms with Gasteiger partial charge in [-0.15, -0.1) is 0 Å². The van der Waals surface area contributed by atoms with Gasteiger partial charge in [0, 0.05) is 12.8 Å². The molecule has 1 aliphatic carbocycles. The van der Waals surface area contributed by atoms with Gasteiger partial charge in [0.15, 0.2) is 8.32 Å². The Balaban J connectivity index is 1.99. The largest absolute Gasteiger partial charge is 0.417 e. The zero-order valence-electron chi connectivity index (χ0n) is 14.0. The molecule has 0 amide bonds. The molecule has 4 heteroatoms. The summed E-state index contributed by atoms with van der Waals surface area (Å²) in [5.41, 5.74) is 2.06. The topological polar surface area (TPSA) is 42.4 Å². The summed E-state index contributed by atoms with van der Waals surface area (Å²) in [7, 11) is -1.70. The number of hydrogen-bond acceptors (Lipinski definition) is 3. The highest BCUT2D eigenvalue weighted by atomic mass is 28.4. The van der Waals surface area contributed by atoms with Gasteiger partial charge < -0.3 is 9.53 Å². The first-order valence-corrected chi connectivity index (χ1v) is 10.9. The fraction of sp³-hybridized carbons (Fsp3) is 0.706. The molecule has 1 N–H and O–H groups in total. The van der Waals surface area contributed by atoms with E-state index in [0.29, 0.717) is 5.92 Å². The molecule has 0 aromatic carbocycles. The molecule has 0 saturated heterocycles. The second-order valence-electron chi connectivity index (χ2n) is 7.78. The molecule has 1 aromatic heterocycles. The SMILES string of the molecule is CC(C)(C)[Si](C)(C)OC[C@@H]1CCc2cccnc2[C@@H](O)C1. The van der Waals surface area contributed by atoms with E-state index in [4.69, 9.17) is 4.43 Å². The lowest BCUT2D eigenvalue weighted by atomic mass is 10.00. The molecule has 3 nitrogen and oxygen atoms in total. The normalized spacial score (nSPS) is 23.5. The van der Waals surface area contributed by atoms with E-state index in [1.165, 1.54) is 5.56 Å². The number of fused-ring (bicyclic) bond motifs is 1. The first-order chi connectivity index (χ1) is 9.71. The Morgan fingerprint density at radius 1 is 1.38 bits per heavy atom. The Morgan fingerprint density at radius 2 is 2.10 bits per heavy atom. The van der Waals surface area contributed by atoms with Crippen molar-refractivity contribution in [3.05, 3.63) is 29.6 Å². The van der Waals surface area contributed by atoms with Crippen molar-refractivity contribution in [2.75, 3.05) is 6.61 Å². The molecule has 2 rings (SSSR count). The van der Waals surface area contributed by atoms with Crippen molar-refractivity contribution < 1.29 is 9.53 Å². The molecule has 118 valence electrons. The Hall–Kier alpha value is -0.713. The van der Waals surface area contributed by atoms with E-state index in [9.17, 15) is 5.11 Å². The molecule has 0 radical (unpaired) electrons. The summed E-state index contributed by atoms with van der Waals surface area (Å²) >= 11 is 0. The van der Waals surface area contributed by atoms with Gasteiger partial charge in [-0.05, 0) is 54.9 Å². The second kappa shape index (κ2) is 6.19. The van der Waals surface area contributed by atoms with Gasteiger partial charge in [0.2, 0.25) is 0 Å². The van der Waals surface area contributed by atoms with Gasteiger partial charge in [-0.1, -0.05) is 26.8 Å². The Labute approximate surface area is 129 Å². The first-order valence-electron chi connectivity index (χ1n) is 7.96. The number of aliphatic hydroxyl groups is 1. The minimum atomic E-state index is -1.70. The second-order valence-corrected chi connectivity index (χ2v) is 12.6. The number of hydrogen-bond donors (Lipinski definition) is 1. The third-order valence-corrected chi connectivity index (χ3v) is 9.61. The van der Waals surface area contributed by atoms with Crippen molar-refractivity contribution >= 4 is 8.32 Å². The van der Waals surface area contributed by atoms with E-state index in [2.05, 4.69) is 44.9 Å². The number of pyridine rings is 1. The van der Waals surface area contributed by atoms with Gasteiger partial charge in [-0.25, -0.2) is 0 Å². The van der Waals surface area contributed by atoms with Crippen LogP contribution in [-0.2, 0) is 10.8 Å². The Bertz CT molecular complexity index is 482. The highest BCUT2D eigenvalue weighted by molar-refractivity contribution is 6.74. The molecule has 0 aliphatic heterocycles. The lowest BCUT2D eigenvalue weighted by molar-refractivity contribution is 0.117. The third kappa shape index (κ3) is 3.93. The van der Waals surface area contributed by atoms with Gasteiger partial charge in [-0.2, -0.15) is 0 Å². The van der Waals surface area contributed by atoms with E-state index in [1.807, 2.05) is 6.07 Å². The standard InChI is InChI=1S/C17H29NO2Si/c1-17(2,3)21(4,5)20-12-13-8-9-14-7-6-10-18-16(14)15(19)11-13/h6-7,10,13,15,19H,8-9,11-12H2,1-5H3/t13-,15+/m1/s1. The highest BCUT2D eigenvalue weighted by Gasteiger charge is 2.38. The molecular formula is C17H29NO2Si. The summed E-state index contributed by atoms with van der Waals surface area (Å²) in [4.78, 5) is 4.36. The maximum Gasteiger partial charge on any atom is 0.191 e. The fourth-order valence-corrected chi connectivity index (χ4v) is 3.65. The van der Waals surface area contributed by atoms with Crippen LogP contribution in [0.5, 0.6) is 0 Å². The van der Waals surface area contributed by atoms with Crippen LogP contribution in [0.15, 0.2) is 18.3 Å². The zero-order valence-corrected chi connectivity index (χ0v) is 15.0. The molecule has 1 aromatic rings. The van der Waals surface area contributed by atoms with E-state index in [-0.39, 0.29) is 5.04 Å². The Kier molecular flexibility index (Phi) is 4.91. The lowest BCUT2D eigenvalue weighted by Gasteiger charge is -2.37. The van der Waals surface area contributed by atoms with E-state index in [1.54, 1.807) is 6.20 Å². The molecule has 21 heavy (non-hydrogen) atoms. The number of nitrogens with zero attached hydrogens (tertiary/aromatic N) is 1. The number of aryl methyl sites for hydroxylation is 1. The summed E-state index contributed by atoms with van der Waals surface area (Å²) in [6.45, 7) is 12.1. The van der Waals surface area contributed by atoms with Crippen LogP contribution in [0.4, 0.5) is 0 Å². The van der Waals surface area contributed by atoms with Gasteiger partial charge in [0.25, 0.3) is 0 Å². The smallest absolute Gasteiger partial charge is 0.191 e. The summed E-state index contributed by atoms with van der Waals surface area (Å²) in [6, 6.07) is 4.04. The summed E-state index contributed by atoms with van der Waals surface area (Å²) in [6.07, 6.45) is 4.15. The van der Waals surface area contributed by atoms with Crippen molar-refractivity contribution in [3.8, 4) is 0 Å². The van der Waals surface area contributed by atoms with E-state index >= 15 is 0 Å². The van der Waals surface area contributed by atoms with Crippen molar-refractivity contribution in [2.24, 2.45) is 5.92 Å². The molecule has 0 bridgehead atoms. The highest BCUT2D eigenvalue weighted by Crippen LogP contribution is 2.38. The predicted molar refractivity (Wildman–Crippen MR) is 88.8 cm³/mol. The molecular weight excluding hydrogens is 278 g/mol.